The van der Waals surface area contributed by atoms with Crippen LogP contribution < -0.4 is 4.74 Å². The fraction of sp³-hybridized carbons (Fsp3) is 0.375. The van der Waals surface area contributed by atoms with Gasteiger partial charge < -0.3 is 14.6 Å². The first-order valence-corrected chi connectivity index (χ1v) is 10.2. The van der Waals surface area contributed by atoms with Gasteiger partial charge in [-0.25, -0.2) is 0 Å². The summed E-state index contributed by atoms with van der Waals surface area (Å²) < 4.78 is 5.45. The Morgan fingerprint density at radius 2 is 1.96 bits per heavy atom. The van der Waals surface area contributed by atoms with Crippen LogP contribution in [0.1, 0.15) is 48.8 Å². The minimum absolute atomic E-state index is 0.00376. The molecule has 2 heterocycles. The first-order chi connectivity index (χ1) is 13.7. The zero-order valence-corrected chi connectivity index (χ0v) is 16.7. The summed E-state index contributed by atoms with van der Waals surface area (Å²) in [4.78, 5) is 18.5. The van der Waals surface area contributed by atoms with Gasteiger partial charge in [0.05, 0.1) is 7.11 Å². The number of nitrogens with zero attached hydrogens (tertiary/aromatic N) is 1. The van der Waals surface area contributed by atoms with Crippen molar-refractivity contribution in [3.63, 3.8) is 0 Å². The number of carbonyl (C=O) groups is 1. The molecular formula is C24H28N2O2. The van der Waals surface area contributed by atoms with Crippen LogP contribution in [0.4, 0.5) is 0 Å². The zero-order chi connectivity index (χ0) is 19.5. The fourth-order valence-corrected chi connectivity index (χ4v) is 4.36. The number of rotatable bonds is 6. The number of para-hydroxylation sites is 1. The molecule has 28 heavy (non-hydrogen) atoms. The van der Waals surface area contributed by atoms with Gasteiger partial charge in [-0.05, 0) is 48.1 Å². The maximum Gasteiger partial charge on any atom is 0.223 e. The Hall–Kier alpha value is -2.75. The molecule has 4 heteroatoms. The maximum absolute atomic E-state index is 13.0. The van der Waals surface area contributed by atoms with Crippen LogP contribution in [0.2, 0.25) is 0 Å². The van der Waals surface area contributed by atoms with Crippen molar-refractivity contribution in [2.24, 2.45) is 0 Å². The van der Waals surface area contributed by atoms with Gasteiger partial charge in [0.15, 0.2) is 0 Å². The number of fused-ring (bicyclic) bond motifs is 1. The quantitative estimate of drug-likeness (QED) is 0.666. The summed E-state index contributed by atoms with van der Waals surface area (Å²) in [6.07, 6.45) is 5.78. The molecule has 4 nitrogen and oxygen atoms in total. The first-order valence-electron chi connectivity index (χ1n) is 10.2. The molecule has 0 aliphatic carbocycles. The van der Waals surface area contributed by atoms with E-state index < -0.39 is 0 Å². The van der Waals surface area contributed by atoms with Gasteiger partial charge in [0.1, 0.15) is 5.75 Å². The number of likely N-dealkylation sites (tertiary alicyclic amines) is 1. The van der Waals surface area contributed by atoms with Crippen LogP contribution in [0.3, 0.4) is 0 Å². The van der Waals surface area contributed by atoms with Crippen molar-refractivity contribution in [3.05, 3.63) is 65.4 Å². The van der Waals surface area contributed by atoms with Crippen LogP contribution in [0, 0.1) is 0 Å². The summed E-state index contributed by atoms with van der Waals surface area (Å²) >= 11 is 0. The third-order valence-corrected chi connectivity index (χ3v) is 5.92. The van der Waals surface area contributed by atoms with E-state index in [1.165, 1.54) is 22.0 Å². The molecule has 0 saturated carbocycles. The van der Waals surface area contributed by atoms with E-state index in [1.807, 2.05) is 17.0 Å². The molecule has 146 valence electrons. The number of hydrogen-bond donors (Lipinski definition) is 1. The molecule has 0 radical (unpaired) electrons. The molecule has 1 N–H and O–H groups in total. The first kappa shape index (κ1) is 18.6. The second-order valence-corrected chi connectivity index (χ2v) is 7.56. The summed E-state index contributed by atoms with van der Waals surface area (Å²) in [7, 11) is 1.68. The van der Waals surface area contributed by atoms with E-state index >= 15 is 0 Å². The van der Waals surface area contributed by atoms with Gasteiger partial charge in [0, 0.05) is 42.5 Å². The van der Waals surface area contributed by atoms with Gasteiger partial charge in [-0.1, -0.05) is 37.3 Å². The van der Waals surface area contributed by atoms with Crippen LogP contribution in [-0.2, 0) is 11.2 Å². The predicted octanol–water partition coefficient (Wildman–Crippen LogP) is 4.88. The van der Waals surface area contributed by atoms with E-state index in [0.717, 1.165) is 43.7 Å². The normalized spacial score (nSPS) is 15.1. The molecule has 3 aromatic rings. The second kappa shape index (κ2) is 8.09. The number of aryl methyl sites for hydroxylation is 1. The molecule has 1 aliphatic heterocycles. The minimum Gasteiger partial charge on any atom is -0.497 e. The second-order valence-electron chi connectivity index (χ2n) is 7.56. The smallest absolute Gasteiger partial charge is 0.223 e. The average Bonchev–Trinajstić information content (AvgIpc) is 3.42. The van der Waals surface area contributed by atoms with Crippen LogP contribution >= 0.6 is 0 Å². The van der Waals surface area contributed by atoms with E-state index in [-0.39, 0.29) is 11.8 Å². The lowest BCUT2D eigenvalue weighted by molar-refractivity contribution is -0.130. The Labute approximate surface area is 166 Å². The van der Waals surface area contributed by atoms with Crippen LogP contribution in [0.25, 0.3) is 10.9 Å². The lowest BCUT2D eigenvalue weighted by Crippen LogP contribution is -2.29. The lowest BCUT2D eigenvalue weighted by Gasteiger charge is -2.22. The Morgan fingerprint density at radius 3 is 2.71 bits per heavy atom. The highest BCUT2D eigenvalue weighted by Gasteiger charge is 2.26. The Balaban J connectivity index is 1.77. The van der Waals surface area contributed by atoms with Crippen molar-refractivity contribution >= 4 is 16.8 Å². The number of benzene rings is 2. The largest absolute Gasteiger partial charge is 0.497 e. The van der Waals surface area contributed by atoms with Crippen molar-refractivity contribution in [1.29, 1.82) is 0 Å². The maximum atomic E-state index is 13.0. The molecule has 2 aromatic carbocycles. The molecule has 1 aliphatic rings. The lowest BCUT2D eigenvalue weighted by atomic mass is 9.87. The molecule has 1 fully saturated rings. The number of aromatic amines is 1. The Kier molecular flexibility index (Phi) is 5.38. The molecule has 1 amide bonds. The Morgan fingerprint density at radius 1 is 1.18 bits per heavy atom. The molecule has 0 bridgehead atoms. The predicted molar refractivity (Wildman–Crippen MR) is 113 cm³/mol. The molecule has 0 unspecified atom stereocenters. The van der Waals surface area contributed by atoms with Crippen molar-refractivity contribution in [2.45, 2.75) is 38.5 Å². The van der Waals surface area contributed by atoms with Gasteiger partial charge in [0.2, 0.25) is 5.91 Å². The highest BCUT2D eigenvalue weighted by Crippen LogP contribution is 2.36. The number of amides is 1. The van der Waals surface area contributed by atoms with Crippen LogP contribution in [0.5, 0.6) is 5.75 Å². The van der Waals surface area contributed by atoms with Crippen LogP contribution in [-0.4, -0.2) is 36.0 Å². The summed E-state index contributed by atoms with van der Waals surface area (Å²) in [5.74, 6) is 1.07. The highest BCUT2D eigenvalue weighted by atomic mass is 16.5. The third kappa shape index (κ3) is 3.51. The van der Waals surface area contributed by atoms with E-state index in [0.29, 0.717) is 6.42 Å². The number of aromatic nitrogens is 1. The van der Waals surface area contributed by atoms with Gasteiger partial charge in [-0.2, -0.15) is 0 Å². The third-order valence-electron chi connectivity index (χ3n) is 5.92. The number of nitrogens with one attached hydrogen (secondary N) is 1. The van der Waals surface area contributed by atoms with Crippen molar-refractivity contribution < 1.29 is 9.53 Å². The standard InChI is InChI=1S/C24H28N2O2/c1-3-17-8-7-11-20-22(16-25-24(17)20)21(15-23(27)26-12-4-5-13-26)18-9-6-10-19(14-18)28-2/h6-11,14,16,21,25H,3-5,12-13,15H2,1-2H3/t21-/m0/s1. The minimum atomic E-state index is 0.00376. The van der Waals surface area contributed by atoms with Crippen molar-refractivity contribution in [3.8, 4) is 5.75 Å². The summed E-state index contributed by atoms with van der Waals surface area (Å²) in [5.41, 5.74) is 4.79. The zero-order valence-electron chi connectivity index (χ0n) is 16.7. The number of ether oxygens (including phenoxy) is 1. The summed E-state index contributed by atoms with van der Waals surface area (Å²) in [5, 5.41) is 1.21. The monoisotopic (exact) mass is 376 g/mol. The number of H-pyrrole nitrogens is 1. The summed E-state index contributed by atoms with van der Waals surface area (Å²) in [6.45, 7) is 3.95. The van der Waals surface area contributed by atoms with Crippen molar-refractivity contribution in [1.82, 2.24) is 9.88 Å². The molecular weight excluding hydrogens is 348 g/mol. The summed E-state index contributed by atoms with van der Waals surface area (Å²) in [6, 6.07) is 14.6. The number of methoxy groups -OCH3 is 1. The van der Waals surface area contributed by atoms with E-state index in [4.69, 9.17) is 4.74 Å². The molecule has 1 aromatic heterocycles. The molecule has 4 rings (SSSR count). The molecule has 0 spiro atoms. The van der Waals surface area contributed by atoms with Gasteiger partial charge in [-0.3, -0.25) is 4.79 Å². The van der Waals surface area contributed by atoms with E-state index in [2.05, 4.69) is 48.4 Å². The van der Waals surface area contributed by atoms with Gasteiger partial charge in [0.25, 0.3) is 0 Å². The molecule has 1 atom stereocenters. The average molecular weight is 376 g/mol. The SMILES string of the molecule is CCc1cccc2c([C@@H](CC(=O)N3CCCC3)c3cccc(OC)c3)c[nH]c12. The molecule has 1 saturated heterocycles. The Bertz CT molecular complexity index is 970. The van der Waals surface area contributed by atoms with Gasteiger partial charge in [-0.15, -0.1) is 0 Å². The van der Waals surface area contributed by atoms with Crippen LogP contribution in [0.15, 0.2) is 48.7 Å². The number of hydrogen-bond acceptors (Lipinski definition) is 2. The van der Waals surface area contributed by atoms with Gasteiger partial charge >= 0.3 is 0 Å². The number of carbonyl (C=O) groups excluding carboxylic acids is 1. The van der Waals surface area contributed by atoms with E-state index in [1.54, 1.807) is 7.11 Å². The topological polar surface area (TPSA) is 45.3 Å². The van der Waals surface area contributed by atoms with E-state index in [9.17, 15) is 4.79 Å². The highest BCUT2D eigenvalue weighted by molar-refractivity contribution is 5.88. The fourth-order valence-electron chi connectivity index (χ4n) is 4.36. The van der Waals surface area contributed by atoms with Crippen molar-refractivity contribution in [2.75, 3.05) is 20.2 Å².